The zero-order chi connectivity index (χ0) is 24.1. The van der Waals surface area contributed by atoms with Crippen molar-refractivity contribution >= 4 is 11.7 Å². The van der Waals surface area contributed by atoms with E-state index in [9.17, 15) is 9.90 Å². The van der Waals surface area contributed by atoms with Crippen molar-refractivity contribution in [3.63, 3.8) is 0 Å². The van der Waals surface area contributed by atoms with Crippen molar-refractivity contribution in [2.24, 2.45) is 5.92 Å². The van der Waals surface area contributed by atoms with E-state index >= 15 is 0 Å². The maximum absolute atomic E-state index is 13.0. The molecule has 2 atom stereocenters. The minimum atomic E-state index is -0.626. The minimum Gasteiger partial charge on any atom is -0.390 e. The third kappa shape index (κ3) is 4.22. The molecule has 6 nitrogen and oxygen atoms in total. The number of anilines is 1. The molecule has 182 valence electrons. The number of carbonyl (C=O) groups excluding carboxylic acids is 1. The number of aromatic nitrogens is 1. The third-order valence-corrected chi connectivity index (χ3v) is 8.75. The molecule has 0 spiro atoms. The Hall–Kier alpha value is -2.44. The van der Waals surface area contributed by atoms with Crippen molar-refractivity contribution in [2.75, 3.05) is 18.8 Å². The zero-order valence-corrected chi connectivity index (χ0v) is 20.7. The Bertz CT molecular complexity index is 1050. The molecule has 34 heavy (non-hydrogen) atoms. The highest BCUT2D eigenvalue weighted by atomic mass is 16.3. The summed E-state index contributed by atoms with van der Waals surface area (Å²) in [6.45, 7) is 8.80. The Morgan fingerprint density at radius 2 is 1.85 bits per heavy atom. The Morgan fingerprint density at radius 1 is 1.15 bits per heavy atom. The first-order valence-corrected chi connectivity index (χ1v) is 12.8. The number of nitrogens with two attached hydrogens (primary N) is 1. The Balaban J connectivity index is 1.31. The highest BCUT2D eigenvalue weighted by Gasteiger charge is 2.53. The number of nitrogen functional groups attached to an aromatic ring is 1. The van der Waals surface area contributed by atoms with E-state index in [4.69, 9.17) is 5.73 Å². The van der Waals surface area contributed by atoms with Gasteiger partial charge in [-0.3, -0.25) is 9.69 Å². The molecule has 5 rings (SSSR count). The van der Waals surface area contributed by atoms with E-state index in [1.165, 1.54) is 24.9 Å². The van der Waals surface area contributed by atoms with E-state index in [2.05, 4.69) is 53.3 Å². The standard InChI is InChI=1S/C28H38N4O2/c1-18(2)32-16-22-8-13-28(22,17-32)21-6-4-19(5-7-21)20-14-24(25(29)30-15-20)26(33)31-23-9-11-27(3,34)12-10-23/h4-7,14-15,18,22-23,34H,8-13,16-17H2,1-3H3,(H2,29,30)(H,31,33)/t22-,23-,27-,28+/m1/s1. The van der Waals surface area contributed by atoms with Gasteiger partial charge in [0.2, 0.25) is 0 Å². The summed E-state index contributed by atoms with van der Waals surface area (Å²) in [6, 6.07) is 11.4. The fraction of sp³-hybridized carbons (Fsp3) is 0.571. The number of aliphatic hydroxyl groups is 1. The molecule has 0 radical (unpaired) electrons. The van der Waals surface area contributed by atoms with Gasteiger partial charge < -0.3 is 16.2 Å². The van der Waals surface area contributed by atoms with Gasteiger partial charge in [-0.2, -0.15) is 0 Å². The van der Waals surface area contributed by atoms with E-state index in [1.807, 2.05) is 13.0 Å². The second-order valence-corrected chi connectivity index (χ2v) is 11.4. The van der Waals surface area contributed by atoms with Crippen LogP contribution in [0, 0.1) is 5.92 Å². The number of pyridine rings is 1. The Morgan fingerprint density at radius 3 is 2.47 bits per heavy atom. The fourth-order valence-electron chi connectivity index (χ4n) is 6.20. The van der Waals surface area contributed by atoms with Gasteiger partial charge >= 0.3 is 0 Å². The van der Waals surface area contributed by atoms with E-state index in [1.54, 1.807) is 6.20 Å². The van der Waals surface area contributed by atoms with Crippen molar-refractivity contribution in [3.05, 3.63) is 47.7 Å². The molecular weight excluding hydrogens is 424 g/mol. The number of hydrogen-bond acceptors (Lipinski definition) is 5. The van der Waals surface area contributed by atoms with Gasteiger partial charge in [0.1, 0.15) is 5.82 Å². The smallest absolute Gasteiger partial charge is 0.255 e. The van der Waals surface area contributed by atoms with Gasteiger partial charge in [-0.1, -0.05) is 24.3 Å². The number of carbonyl (C=O) groups is 1. The molecule has 6 heteroatoms. The molecule has 1 saturated heterocycles. The lowest BCUT2D eigenvalue weighted by molar-refractivity contribution is 0.0140. The normalized spacial score (nSPS) is 31.2. The first-order chi connectivity index (χ1) is 16.2. The first-order valence-electron chi connectivity index (χ1n) is 12.8. The molecule has 3 fully saturated rings. The van der Waals surface area contributed by atoms with Gasteiger partial charge in [-0.05, 0) is 82.4 Å². The second-order valence-electron chi connectivity index (χ2n) is 11.4. The van der Waals surface area contributed by atoms with Crippen LogP contribution in [0.25, 0.3) is 11.1 Å². The van der Waals surface area contributed by atoms with E-state index in [0.717, 1.165) is 36.4 Å². The average Bonchev–Trinajstić information content (AvgIpc) is 3.07. The SMILES string of the molecule is CC(C)N1C[C@H]2CC[C@@]2(c2ccc(-c3cnc(N)c(C(=O)N[C@H]4CC[C@](C)(O)CC4)c3)cc2)C1. The Labute approximate surface area is 203 Å². The van der Waals surface area contributed by atoms with Crippen LogP contribution in [0.5, 0.6) is 0 Å². The van der Waals surface area contributed by atoms with Crippen molar-refractivity contribution in [1.82, 2.24) is 15.2 Å². The van der Waals surface area contributed by atoms with Gasteiger partial charge in [-0.25, -0.2) is 4.98 Å². The number of nitrogens with zero attached hydrogens (tertiary/aromatic N) is 2. The van der Waals surface area contributed by atoms with E-state index in [0.29, 0.717) is 29.9 Å². The largest absolute Gasteiger partial charge is 0.390 e. The first kappa shape index (κ1) is 23.3. The molecule has 1 amide bonds. The summed E-state index contributed by atoms with van der Waals surface area (Å²) >= 11 is 0. The number of fused-ring (bicyclic) bond motifs is 1. The topological polar surface area (TPSA) is 91.5 Å². The summed E-state index contributed by atoms with van der Waals surface area (Å²) in [5.41, 5.74) is 9.56. The van der Waals surface area contributed by atoms with Gasteiger partial charge in [-0.15, -0.1) is 0 Å². The maximum Gasteiger partial charge on any atom is 0.255 e. The minimum absolute atomic E-state index is 0.0570. The van der Waals surface area contributed by atoms with Crippen LogP contribution in [-0.4, -0.2) is 51.7 Å². The average molecular weight is 463 g/mol. The zero-order valence-electron chi connectivity index (χ0n) is 20.7. The predicted octanol–water partition coefficient (Wildman–Crippen LogP) is 4.13. The molecule has 1 aliphatic heterocycles. The van der Waals surface area contributed by atoms with Crippen molar-refractivity contribution in [3.8, 4) is 11.1 Å². The van der Waals surface area contributed by atoms with Crippen LogP contribution in [0.15, 0.2) is 36.5 Å². The summed E-state index contributed by atoms with van der Waals surface area (Å²) < 4.78 is 0. The highest BCUT2D eigenvalue weighted by molar-refractivity contribution is 5.99. The quantitative estimate of drug-likeness (QED) is 0.622. The van der Waals surface area contributed by atoms with Crippen LogP contribution in [0.1, 0.15) is 75.2 Å². The third-order valence-electron chi connectivity index (χ3n) is 8.75. The molecular formula is C28H38N4O2. The van der Waals surface area contributed by atoms with Crippen LogP contribution < -0.4 is 11.1 Å². The van der Waals surface area contributed by atoms with Crippen LogP contribution in [0.4, 0.5) is 5.82 Å². The molecule has 1 aromatic heterocycles. The molecule has 2 aliphatic carbocycles. The lowest BCUT2D eigenvalue weighted by Gasteiger charge is -2.45. The molecule has 2 heterocycles. The number of amides is 1. The Kier molecular flexibility index (Phi) is 5.93. The molecule has 2 saturated carbocycles. The second kappa shape index (κ2) is 8.65. The summed E-state index contributed by atoms with van der Waals surface area (Å²) in [6.07, 6.45) is 7.26. The van der Waals surface area contributed by atoms with E-state index in [-0.39, 0.29) is 17.8 Å². The van der Waals surface area contributed by atoms with Gasteiger partial charge in [0.15, 0.2) is 0 Å². The molecule has 1 aromatic carbocycles. The highest BCUT2D eigenvalue weighted by Crippen LogP contribution is 2.54. The monoisotopic (exact) mass is 462 g/mol. The number of rotatable bonds is 5. The molecule has 4 N–H and O–H groups in total. The molecule has 0 bridgehead atoms. The van der Waals surface area contributed by atoms with E-state index < -0.39 is 5.60 Å². The summed E-state index contributed by atoms with van der Waals surface area (Å²) in [5, 5.41) is 13.3. The molecule has 0 unspecified atom stereocenters. The van der Waals surface area contributed by atoms with Gasteiger partial charge in [0, 0.05) is 42.3 Å². The van der Waals surface area contributed by atoms with Crippen molar-refractivity contribution < 1.29 is 9.90 Å². The van der Waals surface area contributed by atoms with Crippen LogP contribution in [0.3, 0.4) is 0 Å². The number of benzene rings is 1. The van der Waals surface area contributed by atoms with Crippen LogP contribution >= 0.6 is 0 Å². The summed E-state index contributed by atoms with van der Waals surface area (Å²) in [4.78, 5) is 19.9. The van der Waals surface area contributed by atoms with Crippen LogP contribution in [-0.2, 0) is 5.41 Å². The number of hydrogen-bond donors (Lipinski definition) is 3. The molecule has 3 aliphatic rings. The van der Waals surface area contributed by atoms with Crippen molar-refractivity contribution in [1.29, 1.82) is 0 Å². The predicted molar refractivity (Wildman–Crippen MR) is 136 cm³/mol. The lowest BCUT2D eigenvalue weighted by atomic mass is 9.58. The van der Waals surface area contributed by atoms with Gasteiger partial charge in [0.25, 0.3) is 5.91 Å². The number of nitrogens with one attached hydrogen (secondary N) is 1. The summed E-state index contributed by atoms with van der Waals surface area (Å²) in [5.74, 6) is 0.820. The van der Waals surface area contributed by atoms with Crippen LogP contribution in [0.2, 0.25) is 0 Å². The van der Waals surface area contributed by atoms with Gasteiger partial charge in [0.05, 0.1) is 11.2 Å². The van der Waals surface area contributed by atoms with Crippen molar-refractivity contribution in [2.45, 2.75) is 82.4 Å². The summed E-state index contributed by atoms with van der Waals surface area (Å²) in [7, 11) is 0. The lowest BCUT2D eigenvalue weighted by Crippen LogP contribution is -2.43. The fourth-order valence-corrected chi connectivity index (χ4v) is 6.20. The maximum atomic E-state index is 13.0. The number of likely N-dealkylation sites (tertiary alicyclic amines) is 1. The molecule has 2 aromatic rings.